The molecule has 0 saturated carbocycles. The standard InChI is InChI=1S/C4H5N3S3/c5-3-6-7-4(10-3)9-2-1-8/h1H,2H2,(H2,5,6). The van der Waals surface area contributed by atoms with Crippen LogP contribution in [0.3, 0.4) is 0 Å². The van der Waals surface area contributed by atoms with E-state index >= 15 is 0 Å². The number of thioether (sulfide) groups is 1. The molecule has 0 aliphatic heterocycles. The molecule has 6 heteroatoms. The van der Waals surface area contributed by atoms with E-state index < -0.39 is 0 Å². The van der Waals surface area contributed by atoms with Gasteiger partial charge in [-0.2, -0.15) is 0 Å². The van der Waals surface area contributed by atoms with Gasteiger partial charge in [-0.05, 0) is 5.37 Å². The van der Waals surface area contributed by atoms with Gasteiger partial charge < -0.3 is 5.73 Å². The normalized spacial score (nSPS) is 9.60. The van der Waals surface area contributed by atoms with E-state index in [1.165, 1.54) is 11.3 Å². The lowest BCUT2D eigenvalue weighted by molar-refractivity contribution is 1.02. The van der Waals surface area contributed by atoms with Crippen molar-refractivity contribution in [3.8, 4) is 0 Å². The van der Waals surface area contributed by atoms with Crippen LogP contribution >= 0.6 is 35.3 Å². The maximum absolute atomic E-state index is 5.35. The molecule has 0 aliphatic carbocycles. The number of rotatable bonds is 3. The summed E-state index contributed by atoms with van der Waals surface area (Å²) in [5, 5.41) is 9.60. The minimum atomic E-state index is 0.506. The Hall–Kier alpha value is -0.200. The van der Waals surface area contributed by atoms with Gasteiger partial charge in [0.25, 0.3) is 0 Å². The molecule has 54 valence electrons. The van der Waals surface area contributed by atoms with Gasteiger partial charge >= 0.3 is 0 Å². The lowest BCUT2D eigenvalue weighted by Gasteiger charge is -1.83. The maximum atomic E-state index is 5.35. The van der Waals surface area contributed by atoms with Crippen molar-refractivity contribution in [2.45, 2.75) is 4.34 Å². The van der Waals surface area contributed by atoms with Crippen molar-refractivity contribution >= 4 is 45.8 Å². The minimum Gasteiger partial charge on any atom is -0.374 e. The largest absolute Gasteiger partial charge is 0.374 e. The number of nitrogens with two attached hydrogens (primary N) is 1. The molecule has 0 bridgehead atoms. The van der Waals surface area contributed by atoms with Crippen LogP contribution in [-0.2, 0) is 0 Å². The molecule has 1 aromatic heterocycles. The van der Waals surface area contributed by atoms with Gasteiger partial charge in [0.2, 0.25) is 5.13 Å². The molecule has 1 aromatic rings. The Morgan fingerprint density at radius 2 is 2.50 bits per heavy atom. The molecule has 10 heavy (non-hydrogen) atoms. The first kappa shape index (κ1) is 7.90. The summed E-state index contributed by atoms with van der Waals surface area (Å²) in [5.74, 6) is 0.782. The van der Waals surface area contributed by atoms with Crippen molar-refractivity contribution < 1.29 is 0 Å². The molecule has 0 aromatic carbocycles. The van der Waals surface area contributed by atoms with E-state index in [1.807, 2.05) is 0 Å². The third kappa shape index (κ3) is 2.20. The molecule has 2 N–H and O–H groups in total. The van der Waals surface area contributed by atoms with Crippen LogP contribution in [0.15, 0.2) is 4.34 Å². The van der Waals surface area contributed by atoms with Crippen LogP contribution in [-0.4, -0.2) is 21.3 Å². The number of hydrogen-bond acceptors (Lipinski definition) is 6. The molecule has 0 fully saturated rings. The quantitative estimate of drug-likeness (QED) is 0.575. The Morgan fingerprint density at radius 1 is 1.70 bits per heavy atom. The van der Waals surface area contributed by atoms with E-state index in [-0.39, 0.29) is 0 Å². The number of thiocarbonyl (C=S) groups is 1. The molecular weight excluding hydrogens is 186 g/mol. The highest BCUT2D eigenvalue weighted by atomic mass is 32.2. The van der Waals surface area contributed by atoms with Crippen molar-refractivity contribution in [2.75, 3.05) is 11.5 Å². The summed E-state index contributed by atoms with van der Waals surface area (Å²) in [7, 11) is 0. The summed E-state index contributed by atoms with van der Waals surface area (Å²) >= 11 is 7.56. The van der Waals surface area contributed by atoms with E-state index in [4.69, 9.17) is 5.73 Å². The van der Waals surface area contributed by atoms with Crippen molar-refractivity contribution in [1.82, 2.24) is 10.2 Å². The van der Waals surface area contributed by atoms with Gasteiger partial charge in [0.1, 0.15) is 0 Å². The minimum absolute atomic E-state index is 0.506. The van der Waals surface area contributed by atoms with Gasteiger partial charge in [0, 0.05) is 5.75 Å². The average Bonchev–Trinajstić information content (AvgIpc) is 2.31. The number of nitrogens with zero attached hydrogens (tertiary/aromatic N) is 2. The van der Waals surface area contributed by atoms with Gasteiger partial charge in [-0.25, -0.2) is 0 Å². The molecular formula is C4H5N3S3. The lowest BCUT2D eigenvalue weighted by atomic mass is 11.0. The van der Waals surface area contributed by atoms with E-state index in [9.17, 15) is 0 Å². The van der Waals surface area contributed by atoms with Crippen LogP contribution in [0.2, 0.25) is 0 Å². The fourth-order valence-corrected chi connectivity index (χ4v) is 1.94. The zero-order valence-electron chi connectivity index (χ0n) is 4.98. The summed E-state index contributed by atoms with van der Waals surface area (Å²) in [6, 6.07) is 0. The number of nitrogen functional groups attached to an aromatic ring is 1. The van der Waals surface area contributed by atoms with Crippen LogP contribution in [0.25, 0.3) is 0 Å². The van der Waals surface area contributed by atoms with Gasteiger partial charge in [0.15, 0.2) is 4.34 Å². The Balaban J connectivity index is 2.49. The second-order valence-electron chi connectivity index (χ2n) is 1.38. The average molecular weight is 191 g/mol. The summed E-state index contributed by atoms with van der Waals surface area (Å²) in [4.78, 5) is 0. The SMILES string of the molecule is Nc1nnc(SCC=S)s1. The second-order valence-corrected chi connectivity index (χ2v) is 3.99. The van der Waals surface area contributed by atoms with E-state index in [0.29, 0.717) is 5.13 Å². The van der Waals surface area contributed by atoms with Crippen LogP contribution < -0.4 is 5.73 Å². The van der Waals surface area contributed by atoms with Gasteiger partial charge in [-0.1, -0.05) is 35.3 Å². The topological polar surface area (TPSA) is 51.8 Å². The first-order valence-electron chi connectivity index (χ1n) is 2.48. The monoisotopic (exact) mass is 191 g/mol. The molecule has 0 saturated heterocycles. The van der Waals surface area contributed by atoms with E-state index in [2.05, 4.69) is 22.4 Å². The van der Waals surface area contributed by atoms with Crippen LogP contribution in [0.1, 0.15) is 0 Å². The van der Waals surface area contributed by atoms with Crippen molar-refractivity contribution in [3.05, 3.63) is 0 Å². The van der Waals surface area contributed by atoms with Crippen molar-refractivity contribution in [2.24, 2.45) is 0 Å². The first-order valence-corrected chi connectivity index (χ1v) is 4.75. The van der Waals surface area contributed by atoms with Crippen LogP contribution in [0, 0.1) is 0 Å². The zero-order chi connectivity index (χ0) is 7.40. The van der Waals surface area contributed by atoms with Crippen LogP contribution in [0.5, 0.6) is 0 Å². The molecule has 0 aliphatic rings. The smallest absolute Gasteiger partial charge is 0.203 e. The summed E-state index contributed by atoms with van der Waals surface area (Å²) in [5.41, 5.74) is 5.35. The summed E-state index contributed by atoms with van der Waals surface area (Å²) < 4.78 is 0.874. The molecule has 0 unspecified atom stereocenters. The lowest BCUT2D eigenvalue weighted by Crippen LogP contribution is -1.80. The van der Waals surface area contributed by atoms with E-state index in [0.717, 1.165) is 10.1 Å². The molecule has 0 atom stereocenters. The van der Waals surface area contributed by atoms with Crippen LogP contribution in [0.4, 0.5) is 5.13 Å². The Morgan fingerprint density at radius 3 is 3.00 bits per heavy atom. The number of aromatic nitrogens is 2. The Labute approximate surface area is 72.0 Å². The second kappa shape index (κ2) is 3.85. The molecule has 0 spiro atoms. The van der Waals surface area contributed by atoms with Gasteiger partial charge in [-0.15, -0.1) is 10.2 Å². The molecule has 1 rings (SSSR count). The first-order chi connectivity index (χ1) is 4.83. The molecule has 3 nitrogen and oxygen atoms in total. The Bertz CT molecular complexity index is 221. The highest BCUT2D eigenvalue weighted by molar-refractivity contribution is 8.02. The third-order valence-electron chi connectivity index (χ3n) is 0.697. The summed E-state index contributed by atoms with van der Waals surface area (Å²) in [6.45, 7) is 0. The maximum Gasteiger partial charge on any atom is 0.203 e. The highest BCUT2D eigenvalue weighted by Crippen LogP contribution is 2.22. The fourth-order valence-electron chi connectivity index (χ4n) is 0.384. The van der Waals surface area contributed by atoms with Gasteiger partial charge in [-0.3, -0.25) is 0 Å². The zero-order valence-corrected chi connectivity index (χ0v) is 7.43. The van der Waals surface area contributed by atoms with Gasteiger partial charge in [0.05, 0.1) is 0 Å². The summed E-state index contributed by atoms with van der Waals surface area (Å²) in [6.07, 6.45) is 0. The highest BCUT2D eigenvalue weighted by Gasteiger charge is 1.98. The number of anilines is 1. The molecule has 0 amide bonds. The van der Waals surface area contributed by atoms with E-state index in [1.54, 1.807) is 17.1 Å². The van der Waals surface area contributed by atoms with Crippen molar-refractivity contribution in [1.29, 1.82) is 0 Å². The predicted molar refractivity (Wildman–Crippen MR) is 48.7 cm³/mol. The number of hydrogen-bond donors (Lipinski definition) is 1. The molecule has 0 radical (unpaired) electrons. The third-order valence-corrected chi connectivity index (χ3v) is 2.89. The Kier molecular flexibility index (Phi) is 3.04. The van der Waals surface area contributed by atoms with Crippen molar-refractivity contribution in [3.63, 3.8) is 0 Å². The fraction of sp³-hybridized carbons (Fsp3) is 0.250. The molecule has 1 heterocycles. The predicted octanol–water partition coefficient (Wildman–Crippen LogP) is 1.21.